The molecule has 0 radical (unpaired) electrons. The van der Waals surface area contributed by atoms with E-state index in [0.717, 1.165) is 39.1 Å². The van der Waals surface area contributed by atoms with Gasteiger partial charge in [0, 0.05) is 19.8 Å². The molecule has 7 heteroatoms. The zero-order valence-corrected chi connectivity index (χ0v) is 33.8. The molecule has 0 N–H and O–H groups in total. The molecular formula is C51H55NO6. The number of nitrogens with zero attached hydrogens (tertiary/aromatic N) is 1. The van der Waals surface area contributed by atoms with Crippen molar-refractivity contribution >= 4 is 5.69 Å². The average Bonchev–Trinajstić information content (AvgIpc) is 3.28. The van der Waals surface area contributed by atoms with E-state index in [1.807, 2.05) is 73.7 Å². The molecule has 6 aromatic carbocycles. The third-order valence-corrected chi connectivity index (χ3v) is 10.6. The summed E-state index contributed by atoms with van der Waals surface area (Å²) in [7, 11) is 4.12. The molecule has 6 aromatic rings. The number of ether oxygens (including phenoxy) is 6. The molecule has 5 atom stereocenters. The smallest absolute Gasteiger partial charge is 0.186 e. The highest BCUT2D eigenvalue weighted by atomic mass is 16.7. The summed E-state index contributed by atoms with van der Waals surface area (Å²) in [5.41, 5.74) is 6.59. The van der Waals surface area contributed by atoms with Crippen LogP contribution in [0.4, 0.5) is 5.69 Å². The van der Waals surface area contributed by atoms with Crippen molar-refractivity contribution in [3.63, 3.8) is 0 Å². The first kappa shape index (κ1) is 41.1. The van der Waals surface area contributed by atoms with Gasteiger partial charge in [-0.3, -0.25) is 0 Å². The first-order valence-electron chi connectivity index (χ1n) is 20.3. The highest BCUT2D eigenvalue weighted by molar-refractivity contribution is 5.54. The Bertz CT molecular complexity index is 2030. The van der Waals surface area contributed by atoms with E-state index < -0.39 is 30.2 Å². The first-order chi connectivity index (χ1) is 28.5. The molecular weight excluding hydrogens is 723 g/mol. The van der Waals surface area contributed by atoms with Crippen molar-refractivity contribution in [1.29, 1.82) is 0 Å². The summed E-state index contributed by atoms with van der Waals surface area (Å²) in [5, 5.41) is 0. The quantitative estimate of drug-likeness (QED) is 0.0600. The van der Waals surface area contributed by atoms with Crippen LogP contribution in [-0.4, -0.2) is 58.0 Å². The first-order valence-corrected chi connectivity index (χ1v) is 20.3. The molecule has 0 aromatic heterocycles. The standard InChI is InChI=1S/C51H55NO6/c1-39-47(54-36-40-21-9-4-10-22-40)48(55-37-41-23-11-5-12-24-41)49(56-38-42-25-13-6-14-26-42)50(58-39)53-33-20-34-57-51(43-27-15-7-16-28-43,44-29-17-8-18-30-44)45-31-19-32-46(35-45)52(2)3/h4-19,21-32,35,39,47-50H,20,33-34,36-38H2,1-3H3/t39-,47-,48+,49+,50+/m0/s1. The Morgan fingerprint density at radius 3 is 1.43 bits per heavy atom. The van der Waals surface area contributed by atoms with Gasteiger partial charge >= 0.3 is 0 Å². The van der Waals surface area contributed by atoms with Gasteiger partial charge < -0.3 is 33.3 Å². The van der Waals surface area contributed by atoms with Crippen molar-refractivity contribution in [2.75, 3.05) is 32.2 Å². The predicted octanol–water partition coefficient (Wildman–Crippen LogP) is 9.97. The van der Waals surface area contributed by atoms with Crippen LogP contribution in [0.15, 0.2) is 176 Å². The lowest BCUT2D eigenvalue weighted by Crippen LogP contribution is -2.60. The Morgan fingerprint density at radius 1 is 0.483 bits per heavy atom. The lowest BCUT2D eigenvalue weighted by molar-refractivity contribution is -0.320. The van der Waals surface area contributed by atoms with Crippen LogP contribution < -0.4 is 4.90 Å². The van der Waals surface area contributed by atoms with Crippen LogP contribution in [0.25, 0.3) is 0 Å². The van der Waals surface area contributed by atoms with E-state index in [4.69, 9.17) is 28.4 Å². The molecule has 1 aliphatic heterocycles. The number of hydrogen-bond acceptors (Lipinski definition) is 7. The Morgan fingerprint density at radius 2 is 0.931 bits per heavy atom. The van der Waals surface area contributed by atoms with Crippen LogP contribution in [-0.2, 0) is 53.8 Å². The van der Waals surface area contributed by atoms with Crippen molar-refractivity contribution in [1.82, 2.24) is 0 Å². The SMILES string of the molecule is C[C@@H]1O[C@@H](OCCCOC(c2ccccc2)(c2ccccc2)c2cccc(N(C)C)c2)[C@H](OCc2ccccc2)[C@H](OCc2ccccc2)[C@H]1OCc1ccccc1. The Kier molecular flexibility index (Phi) is 14.5. The van der Waals surface area contributed by atoms with Crippen LogP contribution in [0.1, 0.15) is 46.7 Å². The average molecular weight is 778 g/mol. The van der Waals surface area contributed by atoms with E-state index in [2.05, 4.69) is 128 Å². The summed E-state index contributed by atoms with van der Waals surface area (Å²) in [6.45, 7) is 4.00. The largest absolute Gasteiger partial charge is 0.378 e. The molecule has 1 heterocycles. The van der Waals surface area contributed by atoms with Gasteiger partial charge in [0.05, 0.1) is 39.1 Å². The van der Waals surface area contributed by atoms with Gasteiger partial charge in [-0.05, 0) is 58.9 Å². The van der Waals surface area contributed by atoms with Crippen molar-refractivity contribution in [3.05, 3.63) is 209 Å². The minimum Gasteiger partial charge on any atom is -0.378 e. The molecule has 7 rings (SSSR count). The predicted molar refractivity (Wildman–Crippen MR) is 229 cm³/mol. The van der Waals surface area contributed by atoms with Gasteiger partial charge in [0.2, 0.25) is 0 Å². The summed E-state index contributed by atoms with van der Waals surface area (Å²) < 4.78 is 40.6. The third-order valence-electron chi connectivity index (χ3n) is 10.6. The molecule has 300 valence electrons. The zero-order valence-electron chi connectivity index (χ0n) is 33.8. The summed E-state index contributed by atoms with van der Waals surface area (Å²) in [4.78, 5) is 2.12. The van der Waals surface area contributed by atoms with E-state index in [1.165, 1.54) is 0 Å². The number of rotatable bonds is 19. The zero-order chi connectivity index (χ0) is 40.0. The molecule has 1 fully saturated rings. The summed E-state index contributed by atoms with van der Waals surface area (Å²) in [6.07, 6.45) is -1.91. The molecule has 0 unspecified atom stereocenters. The van der Waals surface area contributed by atoms with E-state index in [1.54, 1.807) is 0 Å². The van der Waals surface area contributed by atoms with Gasteiger partial charge in [-0.25, -0.2) is 0 Å². The van der Waals surface area contributed by atoms with E-state index in [9.17, 15) is 0 Å². The molecule has 7 nitrogen and oxygen atoms in total. The lowest BCUT2D eigenvalue weighted by atomic mass is 9.80. The summed E-state index contributed by atoms with van der Waals surface area (Å²) in [5.74, 6) is 0. The summed E-state index contributed by atoms with van der Waals surface area (Å²) in [6, 6.07) is 60.0. The number of benzene rings is 6. The van der Waals surface area contributed by atoms with Crippen LogP contribution >= 0.6 is 0 Å². The molecule has 0 spiro atoms. The molecule has 0 saturated carbocycles. The molecule has 58 heavy (non-hydrogen) atoms. The minimum absolute atomic E-state index is 0.338. The fourth-order valence-electron chi connectivity index (χ4n) is 7.59. The van der Waals surface area contributed by atoms with Crippen molar-refractivity contribution < 1.29 is 28.4 Å². The second kappa shape index (κ2) is 20.5. The summed E-state index contributed by atoms with van der Waals surface area (Å²) >= 11 is 0. The molecule has 1 saturated heterocycles. The van der Waals surface area contributed by atoms with Crippen LogP contribution in [0, 0.1) is 0 Å². The highest BCUT2D eigenvalue weighted by Crippen LogP contribution is 2.42. The maximum absolute atomic E-state index is 7.15. The fourth-order valence-corrected chi connectivity index (χ4v) is 7.59. The Hall–Kier alpha value is -5.12. The van der Waals surface area contributed by atoms with Crippen molar-refractivity contribution in [2.45, 2.75) is 69.5 Å². The fraction of sp³-hybridized carbons (Fsp3) is 0.294. The van der Waals surface area contributed by atoms with Gasteiger partial charge in [-0.1, -0.05) is 164 Å². The number of anilines is 1. The molecule has 1 aliphatic rings. The Balaban J connectivity index is 1.12. The normalized spacial score (nSPS) is 19.5. The highest BCUT2D eigenvalue weighted by Gasteiger charge is 2.47. The second-order valence-corrected chi connectivity index (χ2v) is 14.9. The maximum Gasteiger partial charge on any atom is 0.186 e. The van der Waals surface area contributed by atoms with Crippen molar-refractivity contribution in [2.24, 2.45) is 0 Å². The minimum atomic E-state index is -0.856. The van der Waals surface area contributed by atoms with E-state index >= 15 is 0 Å². The Labute approximate surface area is 344 Å². The van der Waals surface area contributed by atoms with Gasteiger partial charge in [0.15, 0.2) is 6.29 Å². The molecule has 0 amide bonds. The topological polar surface area (TPSA) is 58.6 Å². The van der Waals surface area contributed by atoms with E-state index in [0.29, 0.717) is 39.5 Å². The maximum atomic E-state index is 7.15. The third kappa shape index (κ3) is 10.3. The monoisotopic (exact) mass is 777 g/mol. The lowest BCUT2D eigenvalue weighted by Gasteiger charge is -2.45. The molecule has 0 bridgehead atoms. The van der Waals surface area contributed by atoms with Crippen LogP contribution in [0.5, 0.6) is 0 Å². The number of hydrogen-bond donors (Lipinski definition) is 0. The van der Waals surface area contributed by atoms with Gasteiger partial charge in [0.25, 0.3) is 0 Å². The van der Waals surface area contributed by atoms with Crippen LogP contribution in [0.3, 0.4) is 0 Å². The van der Waals surface area contributed by atoms with Gasteiger partial charge in [0.1, 0.15) is 23.9 Å². The van der Waals surface area contributed by atoms with E-state index in [-0.39, 0.29) is 6.10 Å². The second-order valence-electron chi connectivity index (χ2n) is 14.9. The van der Waals surface area contributed by atoms with Gasteiger partial charge in [-0.2, -0.15) is 0 Å². The van der Waals surface area contributed by atoms with Crippen LogP contribution in [0.2, 0.25) is 0 Å². The van der Waals surface area contributed by atoms with Gasteiger partial charge in [-0.15, -0.1) is 0 Å². The molecule has 0 aliphatic carbocycles. The van der Waals surface area contributed by atoms with Crippen molar-refractivity contribution in [3.8, 4) is 0 Å².